The van der Waals surface area contributed by atoms with E-state index in [1.165, 1.54) is 36.0 Å². The highest BCUT2D eigenvalue weighted by atomic mass is 14.2. The van der Waals surface area contributed by atoms with Gasteiger partial charge in [-0.15, -0.1) is 0 Å². The van der Waals surface area contributed by atoms with Crippen molar-refractivity contribution in [2.75, 3.05) is 0 Å². The van der Waals surface area contributed by atoms with Crippen molar-refractivity contribution in [3.05, 3.63) is 35.5 Å². The lowest BCUT2D eigenvalue weighted by atomic mass is 9.81. The van der Waals surface area contributed by atoms with E-state index in [-0.39, 0.29) is 0 Å². The molecule has 1 atom stereocenters. The number of allylic oxidation sites excluding steroid dienone is 5. The molecule has 0 fully saturated rings. The number of hydrogen-bond acceptors (Lipinski definition) is 0. The van der Waals surface area contributed by atoms with Crippen LogP contribution in [0.4, 0.5) is 0 Å². The predicted molar refractivity (Wildman–Crippen MR) is 98.6 cm³/mol. The summed E-state index contributed by atoms with van der Waals surface area (Å²) in [6.07, 6.45) is 10.7. The van der Waals surface area contributed by atoms with Gasteiger partial charge >= 0.3 is 0 Å². The van der Waals surface area contributed by atoms with E-state index < -0.39 is 0 Å². The molecule has 0 saturated heterocycles. The van der Waals surface area contributed by atoms with Crippen molar-refractivity contribution in [3.63, 3.8) is 0 Å². The average molecular weight is 291 g/mol. The van der Waals surface area contributed by atoms with Gasteiger partial charge in [0.15, 0.2) is 0 Å². The average Bonchev–Trinajstić information content (AvgIpc) is 2.34. The Morgan fingerprint density at radius 2 is 1.48 bits per heavy atom. The molecular weight excluding hydrogens is 252 g/mol. The summed E-state index contributed by atoms with van der Waals surface area (Å²) in [6, 6.07) is 0. The van der Waals surface area contributed by atoms with E-state index in [4.69, 9.17) is 0 Å². The molecule has 21 heavy (non-hydrogen) atoms. The first-order chi connectivity index (χ1) is 9.73. The Hall–Kier alpha value is -0.780. The molecule has 0 amide bonds. The van der Waals surface area contributed by atoms with E-state index >= 15 is 0 Å². The third kappa shape index (κ3) is 10.6. The first-order valence-electron chi connectivity index (χ1n) is 8.70. The summed E-state index contributed by atoms with van der Waals surface area (Å²) in [5.41, 5.74) is 4.39. The standard InChI is InChI=1S/C21H38/c1-16(2)11-9-12-19(7)13-10-14-20(8)21(18(5)6)15-17(3)4/h11,13,17-18,21H,8-10,12,14-15H2,1-7H3/b19-13+. The fourth-order valence-corrected chi connectivity index (χ4v) is 2.80. The van der Waals surface area contributed by atoms with Gasteiger partial charge in [0, 0.05) is 0 Å². The molecule has 122 valence electrons. The van der Waals surface area contributed by atoms with Crippen LogP contribution in [0.3, 0.4) is 0 Å². The van der Waals surface area contributed by atoms with Crippen molar-refractivity contribution in [2.24, 2.45) is 17.8 Å². The van der Waals surface area contributed by atoms with Gasteiger partial charge in [-0.1, -0.05) is 63.1 Å². The van der Waals surface area contributed by atoms with Crippen LogP contribution in [0.5, 0.6) is 0 Å². The minimum Gasteiger partial charge on any atom is -0.0996 e. The Bertz CT molecular complexity index is 348. The largest absolute Gasteiger partial charge is 0.0996 e. The third-order valence-corrected chi connectivity index (χ3v) is 4.10. The molecule has 0 heteroatoms. The normalized spacial score (nSPS) is 13.7. The van der Waals surface area contributed by atoms with E-state index in [2.05, 4.69) is 67.2 Å². The quantitative estimate of drug-likeness (QED) is 0.369. The van der Waals surface area contributed by atoms with Gasteiger partial charge in [-0.05, 0) is 70.6 Å². The van der Waals surface area contributed by atoms with E-state index in [0.717, 1.165) is 18.8 Å². The molecule has 0 aliphatic heterocycles. The maximum atomic E-state index is 4.37. The Labute approximate surface area is 134 Å². The zero-order valence-corrected chi connectivity index (χ0v) is 15.6. The zero-order valence-electron chi connectivity index (χ0n) is 15.6. The molecule has 0 bridgehead atoms. The van der Waals surface area contributed by atoms with Crippen LogP contribution in [0.2, 0.25) is 0 Å². The fourth-order valence-electron chi connectivity index (χ4n) is 2.80. The Balaban J connectivity index is 4.24. The molecule has 0 aromatic rings. The highest BCUT2D eigenvalue weighted by Crippen LogP contribution is 2.29. The molecular formula is C21H38. The van der Waals surface area contributed by atoms with Gasteiger partial charge in [-0.2, -0.15) is 0 Å². The second-order valence-corrected chi connectivity index (χ2v) is 7.55. The van der Waals surface area contributed by atoms with Crippen LogP contribution in [0.25, 0.3) is 0 Å². The van der Waals surface area contributed by atoms with Crippen molar-refractivity contribution in [3.8, 4) is 0 Å². The number of rotatable bonds is 10. The Morgan fingerprint density at radius 3 is 1.95 bits per heavy atom. The third-order valence-electron chi connectivity index (χ3n) is 4.10. The Kier molecular flexibility index (Phi) is 10.5. The van der Waals surface area contributed by atoms with Crippen LogP contribution in [-0.2, 0) is 0 Å². The van der Waals surface area contributed by atoms with Crippen LogP contribution in [0.15, 0.2) is 35.5 Å². The van der Waals surface area contributed by atoms with Gasteiger partial charge in [0.2, 0.25) is 0 Å². The van der Waals surface area contributed by atoms with E-state index in [1.54, 1.807) is 0 Å². The SMILES string of the molecule is C=C(CC/C=C(\C)CCC=C(C)C)C(CC(C)C)C(C)C. The molecule has 1 unspecified atom stereocenters. The van der Waals surface area contributed by atoms with Gasteiger partial charge in [0.25, 0.3) is 0 Å². The second kappa shape index (κ2) is 10.9. The summed E-state index contributed by atoms with van der Waals surface area (Å²) in [5, 5.41) is 0. The molecule has 0 N–H and O–H groups in total. The van der Waals surface area contributed by atoms with E-state index in [9.17, 15) is 0 Å². The molecule has 0 rings (SSSR count). The first-order valence-corrected chi connectivity index (χ1v) is 8.70. The van der Waals surface area contributed by atoms with Crippen LogP contribution in [-0.4, -0.2) is 0 Å². The molecule has 0 heterocycles. The van der Waals surface area contributed by atoms with Crippen LogP contribution < -0.4 is 0 Å². The van der Waals surface area contributed by atoms with E-state index in [0.29, 0.717) is 11.8 Å². The van der Waals surface area contributed by atoms with Gasteiger partial charge in [0.05, 0.1) is 0 Å². The van der Waals surface area contributed by atoms with Crippen molar-refractivity contribution in [1.82, 2.24) is 0 Å². The molecule has 0 spiro atoms. The number of hydrogen-bond donors (Lipinski definition) is 0. The highest BCUT2D eigenvalue weighted by molar-refractivity contribution is 5.07. The second-order valence-electron chi connectivity index (χ2n) is 7.55. The van der Waals surface area contributed by atoms with Crippen molar-refractivity contribution in [2.45, 2.75) is 80.6 Å². The molecule has 0 aliphatic rings. The molecule has 0 aromatic carbocycles. The lowest BCUT2D eigenvalue weighted by Gasteiger charge is -2.25. The summed E-state index contributed by atoms with van der Waals surface area (Å²) in [7, 11) is 0. The minimum atomic E-state index is 0.685. The zero-order chi connectivity index (χ0) is 16.4. The molecule has 0 radical (unpaired) electrons. The van der Waals surface area contributed by atoms with Crippen molar-refractivity contribution >= 4 is 0 Å². The van der Waals surface area contributed by atoms with Crippen LogP contribution in [0, 0.1) is 17.8 Å². The molecule has 0 aliphatic carbocycles. The maximum absolute atomic E-state index is 4.37. The van der Waals surface area contributed by atoms with Crippen molar-refractivity contribution < 1.29 is 0 Å². The van der Waals surface area contributed by atoms with Gasteiger partial charge in [0.1, 0.15) is 0 Å². The summed E-state index contributed by atoms with van der Waals surface area (Å²) in [6.45, 7) is 20.3. The monoisotopic (exact) mass is 290 g/mol. The maximum Gasteiger partial charge on any atom is -0.0180 e. The van der Waals surface area contributed by atoms with Gasteiger partial charge < -0.3 is 0 Å². The fraction of sp³-hybridized carbons (Fsp3) is 0.714. The van der Waals surface area contributed by atoms with E-state index in [1.807, 2.05) is 0 Å². The van der Waals surface area contributed by atoms with Crippen LogP contribution in [0.1, 0.15) is 80.6 Å². The minimum absolute atomic E-state index is 0.685. The van der Waals surface area contributed by atoms with Crippen LogP contribution >= 0.6 is 0 Å². The van der Waals surface area contributed by atoms with Gasteiger partial charge in [-0.3, -0.25) is 0 Å². The van der Waals surface area contributed by atoms with Crippen molar-refractivity contribution in [1.29, 1.82) is 0 Å². The highest BCUT2D eigenvalue weighted by Gasteiger charge is 2.17. The summed E-state index contributed by atoms with van der Waals surface area (Å²) in [5.74, 6) is 2.16. The lowest BCUT2D eigenvalue weighted by Crippen LogP contribution is -2.14. The molecule has 0 saturated carbocycles. The lowest BCUT2D eigenvalue weighted by molar-refractivity contribution is 0.356. The topological polar surface area (TPSA) is 0 Å². The summed E-state index contributed by atoms with van der Waals surface area (Å²) in [4.78, 5) is 0. The smallest absolute Gasteiger partial charge is 0.0180 e. The molecule has 0 nitrogen and oxygen atoms in total. The summed E-state index contributed by atoms with van der Waals surface area (Å²) < 4.78 is 0. The first kappa shape index (κ1) is 20.2. The Morgan fingerprint density at radius 1 is 0.905 bits per heavy atom. The summed E-state index contributed by atoms with van der Waals surface area (Å²) >= 11 is 0. The molecule has 0 aromatic heterocycles. The predicted octanol–water partition coefficient (Wildman–Crippen LogP) is 7.33. The van der Waals surface area contributed by atoms with Gasteiger partial charge in [-0.25, -0.2) is 0 Å².